The maximum atomic E-state index is 12.7. The van der Waals surface area contributed by atoms with Crippen LogP contribution < -0.4 is 4.74 Å². The van der Waals surface area contributed by atoms with E-state index >= 15 is 0 Å². The molecule has 0 radical (unpaired) electrons. The Hall–Kier alpha value is -2.12. The average Bonchev–Trinajstić information content (AvgIpc) is 2.88. The van der Waals surface area contributed by atoms with Crippen molar-refractivity contribution in [3.63, 3.8) is 0 Å². The van der Waals surface area contributed by atoms with E-state index in [2.05, 4.69) is 0 Å². The van der Waals surface area contributed by atoms with Crippen LogP contribution in [0.3, 0.4) is 0 Å². The Morgan fingerprint density at radius 2 is 1.88 bits per heavy atom. The highest BCUT2D eigenvalue weighted by Gasteiger charge is 2.23. The second-order valence-corrected chi connectivity index (χ2v) is 6.03. The minimum Gasteiger partial charge on any atom is -0.491 e. The highest BCUT2D eigenvalue weighted by molar-refractivity contribution is 5.94. The molecule has 1 saturated heterocycles. The second-order valence-electron chi connectivity index (χ2n) is 6.03. The molecule has 3 rings (SSSR count). The van der Waals surface area contributed by atoms with Gasteiger partial charge in [-0.1, -0.05) is 0 Å². The first kappa shape index (κ1) is 17.7. The first-order valence-corrected chi connectivity index (χ1v) is 8.67. The zero-order valence-electron chi connectivity index (χ0n) is 14.5. The molecule has 1 fully saturated rings. The van der Waals surface area contributed by atoms with E-state index in [9.17, 15) is 9.59 Å². The minimum absolute atomic E-state index is 0.0115. The monoisotopic (exact) mass is 348 g/mol. The summed E-state index contributed by atoms with van der Waals surface area (Å²) >= 11 is 0. The van der Waals surface area contributed by atoms with Crippen LogP contribution in [-0.2, 0) is 20.8 Å². The van der Waals surface area contributed by atoms with Crippen LogP contribution in [0.2, 0.25) is 0 Å². The molecule has 2 heterocycles. The van der Waals surface area contributed by atoms with E-state index in [0.717, 1.165) is 11.3 Å². The number of amides is 2. The van der Waals surface area contributed by atoms with Crippen molar-refractivity contribution < 1.29 is 23.8 Å². The summed E-state index contributed by atoms with van der Waals surface area (Å²) in [5.41, 5.74) is 1.46. The number of hydrogen-bond acceptors (Lipinski definition) is 5. The second kappa shape index (κ2) is 8.31. The maximum absolute atomic E-state index is 12.7. The number of carbonyl (C=O) groups excluding carboxylic acids is 2. The van der Waals surface area contributed by atoms with Crippen molar-refractivity contribution in [3.8, 4) is 5.75 Å². The van der Waals surface area contributed by atoms with Gasteiger partial charge in [0.25, 0.3) is 5.91 Å². The van der Waals surface area contributed by atoms with Crippen LogP contribution in [0.15, 0.2) is 18.2 Å². The molecule has 2 aliphatic heterocycles. The van der Waals surface area contributed by atoms with E-state index in [1.165, 1.54) is 0 Å². The van der Waals surface area contributed by atoms with Crippen LogP contribution in [0.4, 0.5) is 0 Å². The highest BCUT2D eigenvalue weighted by atomic mass is 16.5. The Morgan fingerprint density at radius 1 is 1.12 bits per heavy atom. The first-order chi connectivity index (χ1) is 12.2. The quantitative estimate of drug-likeness (QED) is 0.809. The normalized spacial score (nSPS) is 17.5. The van der Waals surface area contributed by atoms with Gasteiger partial charge in [-0.25, -0.2) is 0 Å². The smallest absolute Gasteiger partial charge is 0.254 e. The lowest BCUT2D eigenvalue weighted by Gasteiger charge is -2.27. The molecular weight excluding hydrogens is 324 g/mol. The zero-order chi connectivity index (χ0) is 17.6. The zero-order valence-corrected chi connectivity index (χ0v) is 14.5. The predicted octanol–water partition coefficient (Wildman–Crippen LogP) is 0.916. The third kappa shape index (κ3) is 4.29. The molecule has 1 aromatic rings. The van der Waals surface area contributed by atoms with Gasteiger partial charge in [0.05, 0.1) is 19.8 Å². The molecule has 2 aliphatic rings. The molecule has 0 unspecified atom stereocenters. The van der Waals surface area contributed by atoms with E-state index < -0.39 is 0 Å². The van der Waals surface area contributed by atoms with Crippen molar-refractivity contribution in [2.75, 3.05) is 52.7 Å². The van der Waals surface area contributed by atoms with E-state index in [1.54, 1.807) is 15.9 Å². The Kier molecular flexibility index (Phi) is 5.88. The predicted molar refractivity (Wildman–Crippen MR) is 90.6 cm³/mol. The van der Waals surface area contributed by atoms with Crippen molar-refractivity contribution in [3.05, 3.63) is 29.3 Å². The van der Waals surface area contributed by atoms with Crippen LogP contribution in [0, 0.1) is 0 Å². The molecule has 0 atom stereocenters. The van der Waals surface area contributed by atoms with E-state index in [0.29, 0.717) is 58.2 Å². The maximum Gasteiger partial charge on any atom is 0.254 e. The Balaban J connectivity index is 1.75. The number of benzene rings is 1. The number of fused-ring (bicyclic) bond motifs is 1. The van der Waals surface area contributed by atoms with E-state index in [1.807, 2.05) is 19.1 Å². The molecule has 0 spiro atoms. The van der Waals surface area contributed by atoms with Crippen molar-refractivity contribution in [2.24, 2.45) is 0 Å². The molecule has 1 aromatic carbocycles. The Morgan fingerprint density at radius 3 is 2.64 bits per heavy atom. The molecule has 0 aliphatic carbocycles. The lowest BCUT2D eigenvalue weighted by Crippen LogP contribution is -2.40. The van der Waals surface area contributed by atoms with Gasteiger partial charge in [-0.05, 0) is 25.1 Å². The van der Waals surface area contributed by atoms with Crippen LogP contribution in [-0.4, -0.2) is 74.3 Å². The van der Waals surface area contributed by atoms with Crippen molar-refractivity contribution >= 4 is 11.8 Å². The summed E-state index contributed by atoms with van der Waals surface area (Å²) in [5.74, 6) is 0.649. The van der Waals surface area contributed by atoms with Gasteiger partial charge in [0.15, 0.2) is 0 Å². The molecule has 0 aromatic heterocycles. The minimum atomic E-state index is -0.0665. The van der Waals surface area contributed by atoms with E-state index in [-0.39, 0.29) is 18.4 Å². The number of hydrogen-bond donors (Lipinski definition) is 0. The fourth-order valence-electron chi connectivity index (χ4n) is 2.97. The third-order valence-electron chi connectivity index (χ3n) is 4.37. The van der Waals surface area contributed by atoms with Gasteiger partial charge in [0.1, 0.15) is 19.0 Å². The summed E-state index contributed by atoms with van der Waals surface area (Å²) in [6, 6.07) is 5.44. The Bertz CT molecular complexity index is 628. The van der Waals surface area contributed by atoms with Crippen molar-refractivity contribution in [2.45, 2.75) is 13.5 Å². The number of carbonyl (C=O) groups is 2. The summed E-state index contributed by atoms with van der Waals surface area (Å²) < 4.78 is 16.2. The number of nitrogens with zero attached hydrogens (tertiary/aromatic N) is 2. The lowest BCUT2D eigenvalue weighted by molar-refractivity contribution is -0.136. The number of ether oxygens (including phenoxy) is 3. The van der Waals surface area contributed by atoms with Gasteiger partial charge in [-0.2, -0.15) is 0 Å². The average molecular weight is 348 g/mol. The fourth-order valence-corrected chi connectivity index (χ4v) is 2.97. The standard InChI is InChI=1S/C18H24N2O5/c1-2-23-13-17(21)20-7-10-25-16-4-3-14(11-15(16)12-20)18(22)19-5-8-24-9-6-19/h3-4,11H,2,5-10,12-13H2,1H3. The van der Waals surface area contributed by atoms with Crippen LogP contribution in [0.1, 0.15) is 22.8 Å². The summed E-state index contributed by atoms with van der Waals surface area (Å²) in [6.07, 6.45) is 0. The molecule has 7 heteroatoms. The van der Waals surface area contributed by atoms with Gasteiger partial charge >= 0.3 is 0 Å². The Labute approximate surface area is 147 Å². The molecule has 2 amide bonds. The molecule has 0 bridgehead atoms. The summed E-state index contributed by atoms with van der Waals surface area (Å²) in [4.78, 5) is 28.4. The van der Waals surface area contributed by atoms with E-state index in [4.69, 9.17) is 14.2 Å². The summed E-state index contributed by atoms with van der Waals surface area (Å²) in [5, 5.41) is 0. The fraction of sp³-hybridized carbons (Fsp3) is 0.556. The summed E-state index contributed by atoms with van der Waals surface area (Å²) in [7, 11) is 0. The summed E-state index contributed by atoms with van der Waals surface area (Å²) in [6.45, 7) is 6.14. The molecule has 7 nitrogen and oxygen atoms in total. The lowest BCUT2D eigenvalue weighted by atomic mass is 10.1. The molecule has 136 valence electrons. The SMILES string of the molecule is CCOCC(=O)N1CCOc2ccc(C(=O)N3CCOCC3)cc2C1. The number of rotatable bonds is 4. The van der Waals surface area contributed by atoms with Gasteiger partial charge in [0.2, 0.25) is 5.91 Å². The first-order valence-electron chi connectivity index (χ1n) is 8.67. The highest BCUT2D eigenvalue weighted by Crippen LogP contribution is 2.25. The molecule has 0 saturated carbocycles. The largest absolute Gasteiger partial charge is 0.491 e. The van der Waals surface area contributed by atoms with Crippen LogP contribution >= 0.6 is 0 Å². The molecular formula is C18H24N2O5. The van der Waals surface area contributed by atoms with Gasteiger partial charge in [0, 0.05) is 37.4 Å². The molecule has 0 N–H and O–H groups in total. The van der Waals surface area contributed by atoms with Gasteiger partial charge < -0.3 is 24.0 Å². The topological polar surface area (TPSA) is 68.3 Å². The third-order valence-corrected chi connectivity index (χ3v) is 4.37. The molecule has 25 heavy (non-hydrogen) atoms. The van der Waals surface area contributed by atoms with Crippen LogP contribution in [0.5, 0.6) is 5.75 Å². The van der Waals surface area contributed by atoms with Gasteiger partial charge in [-0.3, -0.25) is 9.59 Å². The number of morpholine rings is 1. The van der Waals surface area contributed by atoms with Crippen molar-refractivity contribution in [1.82, 2.24) is 9.80 Å². The van der Waals surface area contributed by atoms with Crippen molar-refractivity contribution in [1.29, 1.82) is 0 Å². The van der Waals surface area contributed by atoms with Gasteiger partial charge in [-0.15, -0.1) is 0 Å². The van der Waals surface area contributed by atoms with Crippen LogP contribution in [0.25, 0.3) is 0 Å².